The molecule has 170 valence electrons. The summed E-state index contributed by atoms with van der Waals surface area (Å²) in [6, 6.07) is 18.8. The molecule has 0 spiro atoms. The van der Waals surface area contributed by atoms with Crippen LogP contribution in [0.25, 0.3) is 0 Å². The summed E-state index contributed by atoms with van der Waals surface area (Å²) >= 11 is 6.52. The molecule has 0 bridgehead atoms. The van der Waals surface area contributed by atoms with Gasteiger partial charge >= 0.3 is 5.97 Å². The van der Waals surface area contributed by atoms with Gasteiger partial charge in [-0.1, -0.05) is 53.6 Å². The third-order valence-corrected chi connectivity index (χ3v) is 5.01. The van der Waals surface area contributed by atoms with E-state index in [0.29, 0.717) is 42.8 Å². The van der Waals surface area contributed by atoms with E-state index in [9.17, 15) is 4.79 Å². The maximum atomic E-state index is 10.9. The largest absolute Gasteiger partial charge is 0.490 e. The van der Waals surface area contributed by atoms with Gasteiger partial charge in [0.25, 0.3) is 0 Å². The molecule has 3 aromatic rings. The molecule has 0 fully saturated rings. The van der Waals surface area contributed by atoms with Crippen molar-refractivity contribution in [1.29, 1.82) is 0 Å². The molecule has 2 N–H and O–H groups in total. The van der Waals surface area contributed by atoms with Crippen molar-refractivity contribution >= 4 is 30.0 Å². The van der Waals surface area contributed by atoms with Crippen molar-refractivity contribution in [3.63, 3.8) is 0 Å². The SMILES string of the molecule is CCOc1cc(CNCc2ccc(C(=O)O)cc2)cc(Cl)c1OCc1ccc(C)cc1.Cl. The number of carbonyl (C=O) groups is 1. The van der Waals surface area contributed by atoms with Crippen molar-refractivity contribution in [1.82, 2.24) is 5.32 Å². The first-order chi connectivity index (χ1) is 15.0. The van der Waals surface area contributed by atoms with Gasteiger partial charge in [-0.15, -0.1) is 12.4 Å². The Bertz CT molecular complexity index is 1020. The molecule has 5 nitrogen and oxygen atoms in total. The molecule has 0 saturated heterocycles. The van der Waals surface area contributed by atoms with Gasteiger partial charge in [-0.2, -0.15) is 0 Å². The van der Waals surface area contributed by atoms with Crippen LogP contribution in [0.3, 0.4) is 0 Å². The molecule has 0 unspecified atom stereocenters. The van der Waals surface area contributed by atoms with Crippen LogP contribution in [0.2, 0.25) is 5.02 Å². The first-order valence-electron chi connectivity index (χ1n) is 10.1. The molecular formula is C25H27Cl2NO4. The highest BCUT2D eigenvalue weighted by molar-refractivity contribution is 6.32. The molecule has 0 radical (unpaired) electrons. The van der Waals surface area contributed by atoms with E-state index < -0.39 is 5.97 Å². The molecule has 7 heteroatoms. The Kier molecular flexibility index (Phi) is 9.85. The van der Waals surface area contributed by atoms with Gasteiger partial charge < -0.3 is 19.9 Å². The lowest BCUT2D eigenvalue weighted by molar-refractivity contribution is 0.0697. The van der Waals surface area contributed by atoms with Gasteiger partial charge in [0, 0.05) is 13.1 Å². The number of rotatable bonds is 10. The summed E-state index contributed by atoms with van der Waals surface area (Å²) in [6.07, 6.45) is 0. The lowest BCUT2D eigenvalue weighted by atomic mass is 10.1. The summed E-state index contributed by atoms with van der Waals surface area (Å²) in [5.74, 6) is 0.226. The number of hydrogen-bond acceptors (Lipinski definition) is 4. The fourth-order valence-electron chi connectivity index (χ4n) is 3.08. The van der Waals surface area contributed by atoms with Crippen LogP contribution in [0.15, 0.2) is 60.7 Å². The Hall–Kier alpha value is -2.73. The normalized spacial score (nSPS) is 10.3. The smallest absolute Gasteiger partial charge is 0.335 e. The summed E-state index contributed by atoms with van der Waals surface area (Å²) in [5, 5.41) is 12.8. The van der Waals surface area contributed by atoms with Crippen LogP contribution in [0, 0.1) is 6.92 Å². The van der Waals surface area contributed by atoms with Crippen LogP contribution in [0.4, 0.5) is 0 Å². The molecular weight excluding hydrogens is 449 g/mol. The van der Waals surface area contributed by atoms with Crippen LogP contribution >= 0.6 is 24.0 Å². The van der Waals surface area contributed by atoms with Gasteiger partial charge in [0.05, 0.1) is 17.2 Å². The van der Waals surface area contributed by atoms with Crippen molar-refractivity contribution in [3.8, 4) is 11.5 Å². The van der Waals surface area contributed by atoms with Gasteiger partial charge in [-0.3, -0.25) is 0 Å². The highest BCUT2D eigenvalue weighted by Gasteiger charge is 2.13. The molecule has 3 rings (SSSR count). The molecule has 0 amide bonds. The number of carboxylic acids is 1. The number of carboxylic acid groups (broad SMARTS) is 1. The summed E-state index contributed by atoms with van der Waals surface area (Å²) in [5.41, 5.74) is 4.51. The lowest BCUT2D eigenvalue weighted by Crippen LogP contribution is -2.13. The standard InChI is InChI=1S/C25H26ClNO4.ClH/c1-3-30-23-13-20(15-27-14-18-8-10-21(11-9-18)25(28)29)12-22(26)24(23)31-16-19-6-4-17(2)5-7-19;/h4-13,27H,3,14-16H2,1-2H3,(H,28,29);1H. The Balaban J connectivity index is 0.00000363. The highest BCUT2D eigenvalue weighted by Crippen LogP contribution is 2.37. The molecule has 3 aromatic carbocycles. The van der Waals surface area contributed by atoms with Crippen molar-refractivity contribution in [3.05, 3.63) is 93.5 Å². The van der Waals surface area contributed by atoms with E-state index in [-0.39, 0.29) is 18.0 Å². The molecule has 0 aromatic heterocycles. The third kappa shape index (κ3) is 7.16. The molecule has 0 aliphatic heterocycles. The zero-order chi connectivity index (χ0) is 22.2. The van der Waals surface area contributed by atoms with E-state index in [2.05, 4.69) is 5.32 Å². The van der Waals surface area contributed by atoms with Crippen LogP contribution in [-0.2, 0) is 19.7 Å². The molecule has 0 aliphatic rings. The fraction of sp³-hybridized carbons (Fsp3) is 0.240. The predicted molar refractivity (Wildman–Crippen MR) is 129 cm³/mol. The fourth-order valence-corrected chi connectivity index (χ4v) is 3.37. The molecule has 0 heterocycles. The second-order valence-electron chi connectivity index (χ2n) is 7.22. The van der Waals surface area contributed by atoms with Crippen LogP contribution in [0.1, 0.15) is 39.5 Å². The Morgan fingerprint density at radius 1 is 0.938 bits per heavy atom. The maximum Gasteiger partial charge on any atom is 0.335 e. The van der Waals surface area contributed by atoms with E-state index in [4.69, 9.17) is 26.2 Å². The van der Waals surface area contributed by atoms with Crippen LogP contribution in [0.5, 0.6) is 11.5 Å². The third-order valence-electron chi connectivity index (χ3n) is 4.73. The summed E-state index contributed by atoms with van der Waals surface area (Å²) in [4.78, 5) is 10.9. The maximum absolute atomic E-state index is 10.9. The molecule has 0 atom stereocenters. The summed E-state index contributed by atoms with van der Waals surface area (Å²) in [6.45, 7) is 6.07. The van der Waals surface area contributed by atoms with Crippen LogP contribution < -0.4 is 14.8 Å². The minimum absolute atomic E-state index is 0. The van der Waals surface area contributed by atoms with Crippen molar-refractivity contribution < 1.29 is 19.4 Å². The van der Waals surface area contributed by atoms with Gasteiger partial charge in [-0.05, 0) is 54.8 Å². The number of benzene rings is 3. The van der Waals surface area contributed by atoms with E-state index >= 15 is 0 Å². The number of nitrogens with one attached hydrogen (secondary N) is 1. The minimum atomic E-state index is -0.928. The minimum Gasteiger partial charge on any atom is -0.490 e. The number of aryl methyl sites for hydroxylation is 1. The summed E-state index contributed by atoms with van der Waals surface area (Å²) < 4.78 is 11.8. The van der Waals surface area contributed by atoms with Gasteiger partial charge in [0.15, 0.2) is 11.5 Å². The van der Waals surface area contributed by atoms with E-state index in [0.717, 1.165) is 16.7 Å². The van der Waals surface area contributed by atoms with Crippen molar-refractivity contribution in [2.75, 3.05) is 6.61 Å². The van der Waals surface area contributed by atoms with E-state index in [1.54, 1.807) is 24.3 Å². The first kappa shape index (κ1) is 25.5. The first-order valence-corrected chi connectivity index (χ1v) is 10.5. The summed E-state index contributed by atoms with van der Waals surface area (Å²) in [7, 11) is 0. The van der Waals surface area contributed by atoms with Gasteiger partial charge in [0.2, 0.25) is 0 Å². The Morgan fingerprint density at radius 2 is 1.56 bits per heavy atom. The quantitative estimate of drug-likeness (QED) is 0.374. The average Bonchev–Trinajstić information content (AvgIpc) is 2.75. The molecule has 0 saturated carbocycles. The second-order valence-corrected chi connectivity index (χ2v) is 7.63. The van der Waals surface area contributed by atoms with Crippen molar-refractivity contribution in [2.24, 2.45) is 0 Å². The number of ether oxygens (including phenoxy) is 2. The number of aromatic carboxylic acids is 1. The Labute approximate surface area is 199 Å². The lowest BCUT2D eigenvalue weighted by Gasteiger charge is -2.16. The number of hydrogen-bond donors (Lipinski definition) is 2. The van der Waals surface area contributed by atoms with Gasteiger partial charge in [-0.25, -0.2) is 4.79 Å². The van der Waals surface area contributed by atoms with E-state index in [1.807, 2.05) is 50.2 Å². The zero-order valence-corrected chi connectivity index (χ0v) is 19.6. The second kappa shape index (κ2) is 12.3. The van der Waals surface area contributed by atoms with Crippen LogP contribution in [-0.4, -0.2) is 17.7 Å². The topological polar surface area (TPSA) is 67.8 Å². The molecule has 0 aliphatic carbocycles. The zero-order valence-electron chi connectivity index (χ0n) is 18.1. The predicted octanol–water partition coefficient (Wildman–Crippen LogP) is 6.04. The average molecular weight is 476 g/mol. The molecule has 32 heavy (non-hydrogen) atoms. The highest BCUT2D eigenvalue weighted by atomic mass is 35.5. The van der Waals surface area contributed by atoms with Gasteiger partial charge in [0.1, 0.15) is 6.61 Å². The Morgan fingerprint density at radius 3 is 2.19 bits per heavy atom. The van der Waals surface area contributed by atoms with Crippen molar-refractivity contribution in [2.45, 2.75) is 33.5 Å². The van der Waals surface area contributed by atoms with E-state index in [1.165, 1.54) is 5.56 Å². The monoisotopic (exact) mass is 475 g/mol. The number of halogens is 2.